The molecule has 5 aromatic rings. The van der Waals surface area contributed by atoms with E-state index in [1.165, 1.54) is 49.9 Å². The van der Waals surface area contributed by atoms with Crippen LogP contribution in [-0.4, -0.2) is 109 Å². The molecule has 0 amide bonds. The van der Waals surface area contributed by atoms with Crippen LogP contribution in [-0.2, 0) is 0 Å². The van der Waals surface area contributed by atoms with Crippen molar-refractivity contribution in [1.82, 2.24) is 20.4 Å². The zero-order valence-electron chi connectivity index (χ0n) is 33.1. The number of fused-ring (bicyclic) bond motifs is 2. The first-order valence-corrected chi connectivity index (χ1v) is 30.5. The molecule has 5 aromatic carbocycles. The number of nitrogens with one attached hydrogen (secondary N) is 2. The predicted octanol–water partition coefficient (Wildman–Crippen LogP) is 8.26. The normalized spacial score (nSPS) is 16.7. The van der Waals surface area contributed by atoms with Crippen molar-refractivity contribution in [3.05, 3.63) is 126 Å². The molecule has 2 N–H and O–H groups in total. The van der Waals surface area contributed by atoms with E-state index in [0.29, 0.717) is 0 Å². The van der Waals surface area contributed by atoms with E-state index in [9.17, 15) is 0 Å². The Labute approximate surface area is 338 Å². The monoisotopic (exact) mass is 832 g/mol. The van der Waals surface area contributed by atoms with Crippen molar-refractivity contribution in [2.45, 2.75) is 38.4 Å². The van der Waals surface area contributed by atoms with Gasteiger partial charge in [-0.1, -0.05) is 48.5 Å². The van der Waals surface area contributed by atoms with Crippen LogP contribution in [0.25, 0.3) is 21.5 Å². The summed E-state index contributed by atoms with van der Waals surface area (Å²) in [6.45, 7) is 16.7. The summed E-state index contributed by atoms with van der Waals surface area (Å²) in [6, 6.07) is 40.2. The fourth-order valence-electron chi connectivity index (χ4n) is 8.19. The van der Waals surface area contributed by atoms with Gasteiger partial charge in [0, 0.05) is 0 Å². The molecule has 288 valence electrons. The third-order valence-electron chi connectivity index (χ3n) is 11.3. The molecule has 0 saturated heterocycles. The Balaban J connectivity index is 0.851. The van der Waals surface area contributed by atoms with Crippen molar-refractivity contribution in [2.24, 2.45) is 9.98 Å². The SMILES string of the molecule is Cc1cc[c]([Ge]([CH3])([S]CCNCCN2CCN=C2C(C)c2cccc3ccccc23)[S]CCNCCN2CCN=C2C(C)c2cccc3ccccc23)cc1. The van der Waals surface area contributed by atoms with E-state index in [2.05, 4.69) is 176 Å². The number of aryl methyl sites for hydroxylation is 1. The summed E-state index contributed by atoms with van der Waals surface area (Å²) >= 11 is 0. The molecule has 0 aromatic heterocycles. The fourth-order valence-corrected chi connectivity index (χ4v) is 25.6. The van der Waals surface area contributed by atoms with E-state index >= 15 is 0 Å². The number of aliphatic imine (C=N–C) groups is 2. The summed E-state index contributed by atoms with van der Waals surface area (Å²) in [6.07, 6.45) is 0. The molecule has 9 heteroatoms. The standard InChI is InChI=1S/C46H58GeN6S2/c1-35-19-21-40(22-20-35)47(4,54-33-27-48-23-29-52-31-25-50-45(52)36(2)41-17-9-13-38-11-5-7-15-43(38)41)55-34-28-49-24-30-53-32-26-51-46(53)37(3)42-18-10-14-39-12-6-8-16-44(39)42/h5-22,36-37,48-49H,23-34H2,1-4H3. The summed E-state index contributed by atoms with van der Waals surface area (Å²) in [5.41, 5.74) is 4.09. The van der Waals surface area contributed by atoms with Crippen LogP contribution in [0.3, 0.4) is 0 Å². The van der Waals surface area contributed by atoms with Gasteiger partial charge in [0.25, 0.3) is 0 Å². The summed E-state index contributed by atoms with van der Waals surface area (Å²) in [4.78, 5) is 15.0. The Bertz CT molecular complexity index is 1950. The van der Waals surface area contributed by atoms with E-state index in [4.69, 9.17) is 9.98 Å². The molecule has 2 aliphatic heterocycles. The zero-order chi connectivity index (χ0) is 38.0. The molecule has 0 aliphatic carbocycles. The Morgan fingerprint density at radius 3 is 1.55 bits per heavy atom. The molecule has 55 heavy (non-hydrogen) atoms. The van der Waals surface area contributed by atoms with Crippen LogP contribution in [0.4, 0.5) is 0 Å². The molecule has 0 radical (unpaired) electrons. The molecule has 0 bridgehead atoms. The molecule has 7 rings (SSSR count). The van der Waals surface area contributed by atoms with Gasteiger partial charge >= 0.3 is 292 Å². The van der Waals surface area contributed by atoms with Gasteiger partial charge in [-0.15, -0.1) is 0 Å². The minimum absolute atomic E-state index is 0.287. The summed E-state index contributed by atoms with van der Waals surface area (Å²) in [7, 11) is 2.09. The molecule has 0 fully saturated rings. The molecule has 2 unspecified atom stereocenters. The maximum atomic E-state index is 4.99. The van der Waals surface area contributed by atoms with Gasteiger partial charge in [-0.05, 0) is 0 Å². The average Bonchev–Trinajstić information content (AvgIpc) is 3.90. The van der Waals surface area contributed by atoms with E-state index in [1.807, 2.05) is 0 Å². The van der Waals surface area contributed by atoms with Crippen LogP contribution in [0.2, 0.25) is 5.76 Å². The first kappa shape index (κ1) is 39.9. The first-order valence-electron chi connectivity index (χ1n) is 20.2. The Hall–Kier alpha value is -3.28. The molecular weight excluding hydrogens is 773 g/mol. The van der Waals surface area contributed by atoms with Crippen LogP contribution in [0, 0.1) is 6.92 Å². The van der Waals surface area contributed by atoms with Gasteiger partial charge in [0.15, 0.2) is 0 Å². The van der Waals surface area contributed by atoms with Crippen LogP contribution < -0.4 is 15.0 Å². The van der Waals surface area contributed by atoms with Crippen LogP contribution >= 0.6 is 20.2 Å². The molecule has 2 atom stereocenters. The number of amidine groups is 2. The van der Waals surface area contributed by atoms with Crippen molar-refractivity contribution in [3.63, 3.8) is 0 Å². The van der Waals surface area contributed by atoms with Gasteiger partial charge in [-0.25, -0.2) is 0 Å². The molecule has 2 aliphatic rings. The quantitative estimate of drug-likeness (QED) is 0.0647. The maximum absolute atomic E-state index is 4.99. The van der Waals surface area contributed by atoms with E-state index < -0.39 is 11.0 Å². The Morgan fingerprint density at radius 1 is 0.600 bits per heavy atom. The Morgan fingerprint density at radius 2 is 1.05 bits per heavy atom. The first-order chi connectivity index (χ1) is 26.9. The van der Waals surface area contributed by atoms with Crippen molar-refractivity contribution in [2.75, 3.05) is 77.0 Å². The number of rotatable bonds is 19. The van der Waals surface area contributed by atoms with Gasteiger partial charge in [0.2, 0.25) is 0 Å². The van der Waals surface area contributed by atoms with Crippen molar-refractivity contribution in [3.8, 4) is 0 Å². The molecule has 0 spiro atoms. The summed E-state index contributed by atoms with van der Waals surface area (Å²) in [5.74, 6) is 7.94. The number of nitrogens with zero attached hydrogens (tertiary/aromatic N) is 4. The second-order valence-electron chi connectivity index (χ2n) is 15.0. The second-order valence-corrected chi connectivity index (χ2v) is 35.1. The van der Waals surface area contributed by atoms with Gasteiger partial charge in [-0.2, -0.15) is 0 Å². The van der Waals surface area contributed by atoms with Crippen LogP contribution in [0.15, 0.2) is 119 Å². The molecule has 6 nitrogen and oxygen atoms in total. The molecule has 2 heterocycles. The molecular formula is C46H58GeN6S2. The summed E-state index contributed by atoms with van der Waals surface area (Å²) < 4.78 is 1.58. The van der Waals surface area contributed by atoms with Crippen LogP contribution in [0.5, 0.6) is 0 Å². The fraction of sp³-hybridized carbons (Fsp3) is 0.391. The number of hydrogen-bond acceptors (Lipinski definition) is 8. The van der Waals surface area contributed by atoms with Crippen LogP contribution in [0.1, 0.15) is 42.4 Å². The minimum atomic E-state index is -2.42. The van der Waals surface area contributed by atoms with Crippen molar-refractivity contribution in [1.29, 1.82) is 0 Å². The van der Waals surface area contributed by atoms with Gasteiger partial charge in [0.05, 0.1) is 0 Å². The second kappa shape index (κ2) is 19.2. The Kier molecular flexibility index (Phi) is 14.0. The van der Waals surface area contributed by atoms with Crippen molar-refractivity contribution >= 4 is 68.8 Å². The molecule has 0 saturated carbocycles. The van der Waals surface area contributed by atoms with Crippen molar-refractivity contribution < 1.29 is 0 Å². The van der Waals surface area contributed by atoms with E-state index in [0.717, 1.165) is 77.0 Å². The third-order valence-corrected chi connectivity index (χ3v) is 31.7. The number of benzene rings is 5. The van der Waals surface area contributed by atoms with Gasteiger partial charge < -0.3 is 0 Å². The van der Waals surface area contributed by atoms with E-state index in [1.54, 1.807) is 4.40 Å². The third kappa shape index (κ3) is 9.82. The topological polar surface area (TPSA) is 55.3 Å². The average molecular weight is 832 g/mol. The summed E-state index contributed by atoms with van der Waals surface area (Å²) in [5, 5.41) is 12.9. The number of hydrogen-bond donors (Lipinski definition) is 2. The van der Waals surface area contributed by atoms with Gasteiger partial charge in [0.1, 0.15) is 0 Å². The predicted molar refractivity (Wildman–Crippen MR) is 246 cm³/mol. The van der Waals surface area contributed by atoms with Gasteiger partial charge in [-0.3, -0.25) is 0 Å². The zero-order valence-corrected chi connectivity index (χ0v) is 36.9. The van der Waals surface area contributed by atoms with E-state index in [-0.39, 0.29) is 11.8 Å².